The normalized spacial score (nSPS) is 18.0. The van der Waals surface area contributed by atoms with Crippen LogP contribution < -0.4 is 15.4 Å². The lowest BCUT2D eigenvalue weighted by molar-refractivity contribution is -0.152. The largest absolute Gasteiger partial charge is 0.454 e. The lowest BCUT2D eigenvalue weighted by atomic mass is 10.1. The van der Waals surface area contributed by atoms with Crippen LogP contribution in [0.15, 0.2) is 67.0 Å². The molecule has 3 amide bonds. The topological polar surface area (TPSA) is 135 Å². The van der Waals surface area contributed by atoms with Gasteiger partial charge in [0.05, 0.1) is 32.3 Å². The molecule has 0 bridgehead atoms. The summed E-state index contributed by atoms with van der Waals surface area (Å²) in [5, 5.41) is 6.53. The van der Waals surface area contributed by atoms with Crippen LogP contribution in [0.5, 0.6) is 11.5 Å². The molecule has 3 N–H and O–H groups in total. The van der Waals surface area contributed by atoms with Crippen LogP contribution in [-0.2, 0) is 19.1 Å². The molecule has 12 heteroatoms. The highest BCUT2D eigenvalue weighted by Gasteiger charge is 2.52. The number of carbonyl (C=O) groups is 3. The number of aromatic nitrogens is 2. The summed E-state index contributed by atoms with van der Waals surface area (Å²) >= 11 is 0. The summed E-state index contributed by atoms with van der Waals surface area (Å²) in [4.78, 5) is 48.7. The van der Waals surface area contributed by atoms with Gasteiger partial charge in [0, 0.05) is 41.0 Å². The van der Waals surface area contributed by atoms with Gasteiger partial charge in [-0.3, -0.25) is 19.4 Å². The maximum absolute atomic E-state index is 14.3. The summed E-state index contributed by atoms with van der Waals surface area (Å²) in [6.07, 6.45) is 3.59. The first-order chi connectivity index (χ1) is 21.2. The van der Waals surface area contributed by atoms with Crippen molar-refractivity contribution in [3.8, 4) is 11.5 Å². The molecule has 228 valence electrons. The average molecular weight is 602 g/mol. The first-order valence-corrected chi connectivity index (χ1v) is 14.3. The minimum atomic E-state index is -1.07. The first kappa shape index (κ1) is 29.3. The van der Waals surface area contributed by atoms with Gasteiger partial charge in [-0.25, -0.2) is 4.39 Å². The number of nitrogens with zero attached hydrogens (tertiary/aromatic N) is 2. The van der Waals surface area contributed by atoms with Crippen LogP contribution in [0.2, 0.25) is 0 Å². The fraction of sp³-hybridized carbons (Fsp3) is 0.312. The molecule has 11 nitrogen and oxygen atoms in total. The zero-order chi connectivity index (χ0) is 30.8. The smallest absolute Gasteiger partial charge is 0.251 e. The number of aromatic amines is 1. The molecule has 2 atom stereocenters. The highest BCUT2D eigenvalue weighted by molar-refractivity contribution is 5.97. The summed E-state index contributed by atoms with van der Waals surface area (Å²) in [6, 6.07) is 13.3. The highest BCUT2D eigenvalue weighted by atomic mass is 19.1. The van der Waals surface area contributed by atoms with Crippen LogP contribution in [0, 0.1) is 12.7 Å². The first-order valence-electron chi connectivity index (χ1n) is 14.3. The fourth-order valence-corrected chi connectivity index (χ4v) is 5.53. The number of hydrogen-bond acceptors (Lipinski definition) is 7. The van der Waals surface area contributed by atoms with E-state index in [1.54, 1.807) is 43.6 Å². The summed E-state index contributed by atoms with van der Waals surface area (Å²) < 4.78 is 31.5. The van der Waals surface area contributed by atoms with Gasteiger partial charge in [-0.1, -0.05) is 12.1 Å². The van der Waals surface area contributed by atoms with Crippen LogP contribution >= 0.6 is 0 Å². The number of fused-ring (bicyclic) bond motifs is 1. The number of rotatable bonds is 8. The molecule has 44 heavy (non-hydrogen) atoms. The van der Waals surface area contributed by atoms with Crippen molar-refractivity contribution >= 4 is 28.6 Å². The van der Waals surface area contributed by atoms with Crippen LogP contribution in [-0.4, -0.2) is 70.7 Å². The van der Waals surface area contributed by atoms with Crippen LogP contribution in [0.3, 0.4) is 0 Å². The molecule has 0 unspecified atom stereocenters. The molecule has 2 saturated heterocycles. The Balaban J connectivity index is 1.11. The molecular weight excluding hydrogens is 569 g/mol. The van der Waals surface area contributed by atoms with Crippen LogP contribution in [0.1, 0.15) is 41.0 Å². The van der Waals surface area contributed by atoms with Gasteiger partial charge in [-0.15, -0.1) is 0 Å². The van der Waals surface area contributed by atoms with Gasteiger partial charge in [0.15, 0.2) is 17.4 Å². The number of pyridine rings is 1. The molecule has 6 rings (SSSR count). The molecule has 2 aliphatic heterocycles. The predicted octanol–water partition coefficient (Wildman–Crippen LogP) is 3.75. The molecular formula is C32H32FN5O6. The molecule has 1 spiro atoms. The number of benzene rings is 2. The predicted molar refractivity (Wildman–Crippen MR) is 157 cm³/mol. The minimum Gasteiger partial charge on any atom is -0.454 e. The van der Waals surface area contributed by atoms with E-state index < -0.39 is 29.5 Å². The Morgan fingerprint density at radius 3 is 2.75 bits per heavy atom. The lowest BCUT2D eigenvalue weighted by Gasteiger charge is -2.25. The zero-order valence-corrected chi connectivity index (χ0v) is 24.3. The van der Waals surface area contributed by atoms with E-state index in [4.69, 9.17) is 14.2 Å². The van der Waals surface area contributed by atoms with Gasteiger partial charge in [-0.05, 0) is 61.9 Å². The summed E-state index contributed by atoms with van der Waals surface area (Å²) in [7, 11) is 0. The van der Waals surface area contributed by atoms with Crippen molar-refractivity contribution < 1.29 is 33.0 Å². The molecule has 4 heterocycles. The van der Waals surface area contributed by atoms with Crippen molar-refractivity contribution in [3.05, 3.63) is 89.6 Å². The van der Waals surface area contributed by atoms with Crippen molar-refractivity contribution in [2.75, 3.05) is 26.3 Å². The second-order valence-electron chi connectivity index (χ2n) is 11.0. The number of nitrogens with one attached hydrogen (secondary N) is 3. The van der Waals surface area contributed by atoms with Crippen molar-refractivity contribution in [1.82, 2.24) is 25.5 Å². The molecule has 0 saturated carbocycles. The third-order valence-electron chi connectivity index (χ3n) is 7.81. The monoisotopic (exact) mass is 601 g/mol. The van der Waals surface area contributed by atoms with Gasteiger partial charge in [-0.2, -0.15) is 0 Å². The van der Waals surface area contributed by atoms with Gasteiger partial charge in [0.25, 0.3) is 5.91 Å². The summed E-state index contributed by atoms with van der Waals surface area (Å²) in [6.45, 7) is 4.03. The van der Waals surface area contributed by atoms with E-state index in [0.29, 0.717) is 13.2 Å². The minimum absolute atomic E-state index is 0.0304. The number of H-pyrrole nitrogens is 1. The van der Waals surface area contributed by atoms with Gasteiger partial charge in [0.1, 0.15) is 11.8 Å². The average Bonchev–Trinajstić information content (AvgIpc) is 3.76. The van der Waals surface area contributed by atoms with E-state index >= 15 is 0 Å². The molecule has 2 aromatic carbocycles. The molecule has 2 aromatic heterocycles. The molecule has 0 radical (unpaired) electrons. The highest BCUT2D eigenvalue weighted by Crippen LogP contribution is 2.35. The van der Waals surface area contributed by atoms with E-state index in [-0.39, 0.29) is 48.5 Å². The zero-order valence-electron chi connectivity index (χ0n) is 24.3. The van der Waals surface area contributed by atoms with Gasteiger partial charge < -0.3 is 34.7 Å². The molecule has 4 aromatic rings. The number of ether oxygens (including phenoxy) is 3. The van der Waals surface area contributed by atoms with Crippen molar-refractivity contribution in [2.24, 2.45) is 0 Å². The summed E-state index contributed by atoms with van der Waals surface area (Å²) in [5.74, 6) is -2.65. The quantitative estimate of drug-likeness (QED) is 0.280. The van der Waals surface area contributed by atoms with Crippen LogP contribution in [0.4, 0.5) is 4.39 Å². The second-order valence-corrected chi connectivity index (χ2v) is 11.0. The number of amides is 3. The van der Waals surface area contributed by atoms with Crippen molar-refractivity contribution in [2.45, 2.75) is 38.1 Å². The fourth-order valence-electron chi connectivity index (χ4n) is 5.53. The van der Waals surface area contributed by atoms with E-state index in [2.05, 4.69) is 20.6 Å². The Morgan fingerprint density at radius 2 is 1.98 bits per heavy atom. The Morgan fingerprint density at radius 1 is 1.16 bits per heavy atom. The Kier molecular flexibility index (Phi) is 8.02. The SMILES string of the molecule is Cc1ccc(Oc2cccc(C(=O)NCC(=O)N3CC4(C[C@H]3C(=O)N[C@H](C)c3cc5cnccc5[nH]3)OCCO4)c2)c(F)c1. The number of halogens is 1. The van der Waals surface area contributed by atoms with Gasteiger partial charge in [0.2, 0.25) is 11.8 Å². The standard InChI is InChI=1S/C32H32FN5O6/c1-19-6-7-28(24(33)12-19)44-23-5-3-4-21(13-23)30(40)35-17-29(39)38-18-32(42-10-11-43-32)15-27(38)31(41)36-20(2)26-14-22-16-34-9-8-25(22)37-26/h3-9,12-14,16,20,27,37H,10-11,15,17-18H2,1-2H3,(H,35,40)(H,36,41)/t20-,27+/m1/s1. The third-order valence-corrected chi connectivity index (χ3v) is 7.81. The molecule has 2 aliphatic rings. The number of likely N-dealkylation sites (tertiary alicyclic amines) is 1. The Hall–Kier alpha value is -4.81. The van der Waals surface area contributed by atoms with Crippen LogP contribution in [0.25, 0.3) is 10.9 Å². The van der Waals surface area contributed by atoms with Gasteiger partial charge >= 0.3 is 0 Å². The number of carbonyl (C=O) groups excluding carboxylic acids is 3. The lowest BCUT2D eigenvalue weighted by Crippen LogP contribution is -2.49. The Bertz CT molecular complexity index is 1690. The molecule has 2 fully saturated rings. The number of hydrogen-bond donors (Lipinski definition) is 3. The Labute approximate surface area is 252 Å². The van der Waals surface area contributed by atoms with E-state index in [9.17, 15) is 18.8 Å². The third kappa shape index (κ3) is 6.12. The maximum atomic E-state index is 14.3. The van der Waals surface area contributed by atoms with Crippen molar-refractivity contribution in [1.29, 1.82) is 0 Å². The van der Waals surface area contributed by atoms with Crippen molar-refractivity contribution in [3.63, 3.8) is 0 Å². The summed E-state index contributed by atoms with van der Waals surface area (Å²) in [5.41, 5.74) is 2.67. The van der Waals surface area contributed by atoms with E-state index in [1.807, 2.05) is 19.1 Å². The molecule has 0 aliphatic carbocycles. The maximum Gasteiger partial charge on any atom is 0.251 e. The van der Waals surface area contributed by atoms with E-state index in [0.717, 1.165) is 22.2 Å². The second kappa shape index (κ2) is 12.1. The number of aryl methyl sites for hydroxylation is 1. The van der Waals surface area contributed by atoms with E-state index in [1.165, 1.54) is 23.1 Å².